The number of nitrogens with two attached hydrogens (primary N) is 4. The molecule has 0 radical (unpaired) electrons. The van der Waals surface area contributed by atoms with Gasteiger partial charge in [-0.15, -0.1) is 0 Å². The molecule has 396 valence electrons. The highest BCUT2D eigenvalue weighted by Gasteiger charge is 2.70. The van der Waals surface area contributed by atoms with Crippen molar-refractivity contribution in [3.8, 4) is 11.1 Å². The Morgan fingerprint density at radius 3 is 1.79 bits per heavy atom. The zero-order valence-electron chi connectivity index (χ0n) is 42.8. The van der Waals surface area contributed by atoms with Crippen LogP contribution in [0.15, 0.2) is 79.0 Å². The zero-order valence-corrected chi connectivity index (χ0v) is 42.8. The molecule has 4 aliphatic heterocycles. The minimum absolute atomic E-state index is 0.201. The number of primary amides is 2. The molecule has 1 aromatic heterocycles. The largest absolute Gasteiger partial charge is 0.465 e. The lowest BCUT2D eigenvalue weighted by Crippen LogP contribution is -2.74. The van der Waals surface area contributed by atoms with Crippen molar-refractivity contribution >= 4 is 58.7 Å². The molecule has 4 bridgehead atoms. The summed E-state index contributed by atoms with van der Waals surface area (Å²) < 4.78 is 5.58. The number of morpholine rings is 1. The molecule has 4 saturated heterocycles. The van der Waals surface area contributed by atoms with Gasteiger partial charge in [-0.05, 0) is 111 Å². The summed E-state index contributed by atoms with van der Waals surface area (Å²) >= 11 is 0. The van der Waals surface area contributed by atoms with Gasteiger partial charge in [0.1, 0.15) is 16.9 Å². The average molecular weight is 1030 g/mol. The van der Waals surface area contributed by atoms with Crippen molar-refractivity contribution in [2.24, 2.45) is 17.4 Å². The third-order valence-corrected chi connectivity index (χ3v) is 18.4. The smallest absolute Gasteiger partial charge is 0.411 e. The Bertz CT molecular complexity index is 3010. The molecule has 4 fully saturated rings. The minimum atomic E-state index is -1.84. The summed E-state index contributed by atoms with van der Waals surface area (Å²) in [4.78, 5) is 96.2. The Hall–Kier alpha value is -7.29. The van der Waals surface area contributed by atoms with Crippen LogP contribution in [0.5, 0.6) is 0 Å². The van der Waals surface area contributed by atoms with E-state index in [-0.39, 0.29) is 30.1 Å². The van der Waals surface area contributed by atoms with Gasteiger partial charge in [-0.1, -0.05) is 57.2 Å². The highest BCUT2D eigenvalue weighted by molar-refractivity contribution is 6.03. The van der Waals surface area contributed by atoms with Gasteiger partial charge in [0.25, 0.3) is 11.8 Å². The average Bonchev–Trinajstić information content (AvgIpc) is 4.11. The van der Waals surface area contributed by atoms with Gasteiger partial charge in [-0.25, -0.2) is 14.6 Å². The molecule has 8 aliphatic rings. The number of anilines is 4. The number of hydrogen-bond acceptors (Lipinski definition) is 14. The van der Waals surface area contributed by atoms with Crippen LogP contribution < -0.4 is 43.4 Å². The molecule has 6 amide bonds. The summed E-state index contributed by atoms with van der Waals surface area (Å²) in [6.07, 6.45) is 0.935. The molecule has 0 saturated carbocycles. The Morgan fingerprint density at radius 1 is 0.693 bits per heavy atom. The first-order chi connectivity index (χ1) is 35.6. The van der Waals surface area contributed by atoms with Crippen LogP contribution in [0.2, 0.25) is 0 Å². The third kappa shape index (κ3) is 7.52. The van der Waals surface area contributed by atoms with Crippen LogP contribution in [0.3, 0.4) is 0 Å². The number of rotatable bonds is 13. The maximum absolute atomic E-state index is 15.4. The van der Waals surface area contributed by atoms with Crippen molar-refractivity contribution in [3.05, 3.63) is 101 Å². The monoisotopic (exact) mass is 1030 g/mol. The quantitative estimate of drug-likeness (QED) is 0.0865. The lowest BCUT2D eigenvalue weighted by Gasteiger charge is -2.60. The molecule has 4 aromatic rings. The lowest BCUT2D eigenvalue weighted by atomic mass is 9.55. The minimum Gasteiger partial charge on any atom is -0.465 e. The second kappa shape index (κ2) is 18.5. The second-order valence-corrected chi connectivity index (χ2v) is 22.1. The number of benzene rings is 3. The number of pyridine rings is 1. The van der Waals surface area contributed by atoms with E-state index in [0.29, 0.717) is 80.7 Å². The normalized spacial score (nSPS) is 31.1. The summed E-state index contributed by atoms with van der Waals surface area (Å²) in [5.74, 6) is -2.43. The van der Waals surface area contributed by atoms with Crippen LogP contribution in [-0.4, -0.2) is 124 Å². The molecule has 20 nitrogen and oxygen atoms in total. The van der Waals surface area contributed by atoms with Gasteiger partial charge < -0.3 is 47.7 Å². The number of carboxylic acid groups (broad SMARTS) is 2. The van der Waals surface area contributed by atoms with E-state index in [2.05, 4.69) is 50.1 Å². The van der Waals surface area contributed by atoms with Gasteiger partial charge in [0.15, 0.2) is 0 Å². The molecule has 5 unspecified atom stereocenters. The fourth-order valence-electron chi connectivity index (χ4n) is 15.3. The zero-order chi connectivity index (χ0) is 53.6. The number of nitrogens with one attached hydrogen (secondary N) is 2. The van der Waals surface area contributed by atoms with Gasteiger partial charge in [-0.2, -0.15) is 0 Å². The Kier molecular flexibility index (Phi) is 12.6. The van der Waals surface area contributed by atoms with Crippen molar-refractivity contribution < 1.29 is 43.7 Å². The van der Waals surface area contributed by atoms with E-state index in [1.54, 1.807) is 38.1 Å². The molecule has 12 N–H and O–H groups in total. The summed E-state index contributed by atoms with van der Waals surface area (Å²) in [6, 6.07) is 21.3. The molecular weight excluding hydrogens is 959 g/mol. The van der Waals surface area contributed by atoms with Crippen LogP contribution in [0.25, 0.3) is 11.1 Å². The van der Waals surface area contributed by atoms with Crippen molar-refractivity contribution in [1.29, 1.82) is 0 Å². The van der Waals surface area contributed by atoms with Crippen molar-refractivity contribution in [1.82, 2.24) is 25.4 Å². The first-order valence-electron chi connectivity index (χ1n) is 25.8. The molecule has 75 heavy (non-hydrogen) atoms. The van der Waals surface area contributed by atoms with E-state index in [1.165, 1.54) is 0 Å². The van der Waals surface area contributed by atoms with Crippen molar-refractivity contribution in [2.75, 3.05) is 60.7 Å². The number of nitrogen functional groups attached to an aromatic ring is 2. The predicted octanol–water partition coefficient (Wildman–Crippen LogP) is 4.32. The Balaban J connectivity index is 1.17. The first kappa shape index (κ1) is 51.2. The maximum Gasteiger partial charge on any atom is 0.411 e. The van der Waals surface area contributed by atoms with Crippen LogP contribution in [0.1, 0.15) is 94.9 Å². The summed E-state index contributed by atoms with van der Waals surface area (Å²) in [5.41, 5.74) is 23.4. The molecule has 9 atom stereocenters. The van der Waals surface area contributed by atoms with E-state index < -0.39 is 81.4 Å². The number of aromatic nitrogens is 1. The standard InChI is InChI=1S/C55H67N11O9/c1-31-24-42(41-10-6-18-64(41)54(47(69)61-49(71)72)37-15-13-34(26-39(37)56)51(54,2)28-44(58)67)66(36-9-5-8-32(25-36)33-12-17-46(60-30-33)63-20-22-75-23-21-63)53(31,4)43-11-7-19-65(43)55(48(70)62-50(73)74)38-16-14-35(27-40(38)57)52(55,3)29-45(59)68/h5,8-9,12-17,25-27,30-31,41-43H,6-7,10-11,18-24,28-29,56-57H2,1-4H3,(H2,58,67)(H2,59,68)(H,61,69)(H,62,70)(H,71,72)(H,73,74)/t31?,41?,42-,43?,51?,52?,53-,54+,55+/m1/s1. The Morgan fingerprint density at radius 2 is 1.25 bits per heavy atom. The predicted molar refractivity (Wildman–Crippen MR) is 280 cm³/mol. The van der Waals surface area contributed by atoms with Gasteiger partial charge in [0.05, 0.1) is 18.8 Å². The van der Waals surface area contributed by atoms with Crippen molar-refractivity contribution in [2.45, 2.75) is 118 Å². The molecule has 5 heterocycles. The number of nitrogens with zero attached hydrogens (tertiary/aromatic N) is 5. The molecule has 3 aromatic carbocycles. The number of amides is 6. The lowest BCUT2D eigenvalue weighted by molar-refractivity contribution is -0.145. The van der Waals surface area contributed by atoms with E-state index in [1.807, 2.05) is 48.7 Å². The summed E-state index contributed by atoms with van der Waals surface area (Å²) in [6.45, 7) is 11.2. The van der Waals surface area contributed by atoms with E-state index in [0.717, 1.165) is 35.7 Å². The SMILES string of the molecule is CC1C[C@H](C2CCCN2[C@]2(C(=O)NC(=O)O)c3ccc(cc3N)C2(C)CC(N)=O)N(c2cccc(-c3ccc(N4CCOCC4)nc3)c2)[C@@]1(C)C1CCCN1[C@]1(C(=O)NC(=O)O)c2ccc(cc2N)C1(C)CC(N)=O. The van der Waals surface area contributed by atoms with Crippen molar-refractivity contribution in [3.63, 3.8) is 0 Å². The van der Waals surface area contributed by atoms with E-state index >= 15 is 9.59 Å². The maximum atomic E-state index is 15.4. The summed E-state index contributed by atoms with van der Waals surface area (Å²) in [7, 11) is 0. The van der Waals surface area contributed by atoms with E-state index in [4.69, 9.17) is 32.7 Å². The van der Waals surface area contributed by atoms with E-state index in [9.17, 15) is 29.4 Å². The number of ether oxygens (including phenoxy) is 1. The first-order valence-corrected chi connectivity index (χ1v) is 25.8. The number of carbonyl (C=O) groups is 6. The van der Waals surface area contributed by atoms with Crippen LogP contribution >= 0.6 is 0 Å². The second-order valence-electron chi connectivity index (χ2n) is 22.1. The van der Waals surface area contributed by atoms with Crippen LogP contribution in [0, 0.1) is 5.92 Å². The number of fused-ring (bicyclic) bond motifs is 6. The molecule has 20 heteroatoms. The molecule has 12 rings (SSSR count). The Labute approximate surface area is 435 Å². The fraction of sp³-hybridized carbons (Fsp3) is 0.473. The molecule has 4 aliphatic carbocycles. The van der Waals surface area contributed by atoms with Crippen LogP contribution in [0.4, 0.5) is 32.5 Å². The molecular formula is C55H67N11O9. The summed E-state index contributed by atoms with van der Waals surface area (Å²) in [5, 5.41) is 25.0. The number of imide groups is 2. The van der Waals surface area contributed by atoms with Gasteiger partial charge in [-0.3, -0.25) is 39.6 Å². The fourth-order valence-corrected chi connectivity index (χ4v) is 15.3. The van der Waals surface area contributed by atoms with Gasteiger partial charge in [0, 0.05) is 94.8 Å². The number of carbonyl (C=O) groups excluding carboxylic acids is 4. The topological polar surface area (TPSA) is 306 Å². The molecule has 0 spiro atoms. The highest BCUT2D eigenvalue weighted by Crippen LogP contribution is 2.62. The number of hydrogen-bond donors (Lipinski definition) is 8. The van der Waals surface area contributed by atoms with Gasteiger partial charge >= 0.3 is 12.2 Å². The van der Waals surface area contributed by atoms with Crippen LogP contribution in [-0.2, 0) is 45.8 Å². The third-order valence-electron chi connectivity index (χ3n) is 18.4. The number of likely N-dealkylation sites (tertiary alicyclic amines) is 2. The highest BCUT2D eigenvalue weighted by atomic mass is 16.5. The van der Waals surface area contributed by atoms with Gasteiger partial charge in [0.2, 0.25) is 11.8 Å².